The summed E-state index contributed by atoms with van der Waals surface area (Å²) in [4.78, 5) is 4.42. The van der Waals surface area contributed by atoms with Gasteiger partial charge in [-0.25, -0.2) is 0 Å². The van der Waals surface area contributed by atoms with Crippen molar-refractivity contribution in [1.82, 2.24) is 0 Å². The normalized spacial score (nSPS) is 16.7. The smallest absolute Gasteiger partial charge is 0.0968 e. The third kappa shape index (κ3) is 2.82. The Hall–Kier alpha value is -1.31. The van der Waals surface area contributed by atoms with Gasteiger partial charge >= 0.3 is 0 Å². The van der Waals surface area contributed by atoms with E-state index in [4.69, 9.17) is 5.73 Å². The molecule has 2 nitrogen and oxygen atoms in total. The van der Waals surface area contributed by atoms with E-state index in [9.17, 15) is 0 Å². The predicted molar refractivity (Wildman–Crippen MR) is 64.1 cm³/mol. The number of benzene rings is 1. The molecule has 0 aliphatic heterocycles. The molecule has 0 aromatic heterocycles. The van der Waals surface area contributed by atoms with E-state index in [-0.39, 0.29) is 0 Å². The van der Waals surface area contributed by atoms with Crippen LogP contribution in [-0.4, -0.2) is 12.4 Å². The van der Waals surface area contributed by atoms with Gasteiger partial charge in [-0.1, -0.05) is 24.3 Å². The molecule has 15 heavy (non-hydrogen) atoms. The maximum atomic E-state index is 5.83. The second-order valence-corrected chi connectivity index (χ2v) is 4.26. The Morgan fingerprint density at radius 2 is 2.13 bits per heavy atom. The molecule has 1 fully saturated rings. The molecule has 2 N–H and O–H groups in total. The monoisotopic (exact) mass is 202 g/mol. The molecular formula is C13H18N2. The summed E-state index contributed by atoms with van der Waals surface area (Å²) < 4.78 is 0. The Morgan fingerprint density at radius 3 is 2.80 bits per heavy atom. The summed E-state index contributed by atoms with van der Waals surface area (Å²) in [5, 5.41) is 0. The summed E-state index contributed by atoms with van der Waals surface area (Å²) in [7, 11) is 0. The lowest BCUT2D eigenvalue weighted by Gasteiger charge is -2.03. The Morgan fingerprint density at radius 1 is 1.40 bits per heavy atom. The number of aliphatic imine (C=N–C) groups is 1. The molecule has 0 amide bonds. The van der Waals surface area contributed by atoms with Gasteiger partial charge in [0.25, 0.3) is 0 Å². The van der Waals surface area contributed by atoms with E-state index >= 15 is 0 Å². The highest BCUT2D eigenvalue weighted by Gasteiger charge is 2.24. The summed E-state index contributed by atoms with van der Waals surface area (Å²) in [5.41, 5.74) is 8.56. The predicted octanol–water partition coefficient (Wildman–Crippen LogP) is 2.30. The van der Waals surface area contributed by atoms with Gasteiger partial charge in [-0.15, -0.1) is 0 Å². The van der Waals surface area contributed by atoms with Gasteiger partial charge in [0.15, 0.2) is 0 Å². The maximum absolute atomic E-state index is 5.83. The first-order valence-corrected chi connectivity index (χ1v) is 5.61. The van der Waals surface area contributed by atoms with Crippen LogP contribution in [0.2, 0.25) is 0 Å². The number of rotatable bonds is 4. The fourth-order valence-corrected chi connectivity index (χ4v) is 1.70. The van der Waals surface area contributed by atoms with Crippen molar-refractivity contribution < 1.29 is 0 Å². The maximum Gasteiger partial charge on any atom is 0.0968 e. The van der Waals surface area contributed by atoms with E-state index in [1.807, 2.05) is 0 Å². The van der Waals surface area contributed by atoms with Crippen LogP contribution in [0.15, 0.2) is 29.3 Å². The second-order valence-electron chi connectivity index (χ2n) is 4.26. The van der Waals surface area contributed by atoms with E-state index in [2.05, 4.69) is 36.2 Å². The minimum absolute atomic E-state index is 0.599. The lowest BCUT2D eigenvalue weighted by molar-refractivity contribution is 0.939. The van der Waals surface area contributed by atoms with Crippen molar-refractivity contribution in [3.63, 3.8) is 0 Å². The summed E-state index contributed by atoms with van der Waals surface area (Å²) in [5.74, 6) is 1.46. The first kappa shape index (κ1) is 10.2. The van der Waals surface area contributed by atoms with E-state index < -0.39 is 0 Å². The highest BCUT2D eigenvalue weighted by molar-refractivity contribution is 5.84. The molecule has 0 bridgehead atoms. The molecule has 1 aromatic rings. The van der Waals surface area contributed by atoms with Gasteiger partial charge in [-0.05, 0) is 37.3 Å². The lowest BCUT2D eigenvalue weighted by atomic mass is 10.1. The summed E-state index contributed by atoms with van der Waals surface area (Å²) in [6, 6.07) is 8.46. The van der Waals surface area contributed by atoms with Crippen LogP contribution in [0.4, 0.5) is 0 Å². The van der Waals surface area contributed by atoms with Crippen LogP contribution in [0.25, 0.3) is 0 Å². The molecule has 1 saturated carbocycles. The molecule has 0 spiro atoms. The first-order chi connectivity index (χ1) is 7.27. The van der Waals surface area contributed by atoms with Crippen LogP contribution in [0.3, 0.4) is 0 Å². The van der Waals surface area contributed by atoms with Crippen LogP contribution < -0.4 is 5.73 Å². The van der Waals surface area contributed by atoms with Crippen molar-refractivity contribution in [1.29, 1.82) is 0 Å². The Balaban J connectivity index is 1.87. The standard InChI is InChI=1S/C13H18N2/c1-10-4-2-3-5-11(10)8-9-15-13(14)12-6-7-12/h2-5,12H,6-9H2,1H3,(H2,14,15). The molecule has 2 heteroatoms. The highest BCUT2D eigenvalue weighted by atomic mass is 14.9. The van der Waals surface area contributed by atoms with Gasteiger partial charge in [0.2, 0.25) is 0 Å². The van der Waals surface area contributed by atoms with Crippen molar-refractivity contribution >= 4 is 5.84 Å². The minimum atomic E-state index is 0.599. The fourth-order valence-electron chi connectivity index (χ4n) is 1.70. The molecular weight excluding hydrogens is 184 g/mol. The molecule has 2 rings (SSSR count). The van der Waals surface area contributed by atoms with Gasteiger partial charge in [-0.2, -0.15) is 0 Å². The second kappa shape index (κ2) is 4.47. The summed E-state index contributed by atoms with van der Waals surface area (Å²) >= 11 is 0. The van der Waals surface area contributed by atoms with Gasteiger partial charge < -0.3 is 5.73 Å². The van der Waals surface area contributed by atoms with Crippen LogP contribution in [0, 0.1) is 12.8 Å². The van der Waals surface area contributed by atoms with Crippen molar-refractivity contribution in [2.75, 3.05) is 6.54 Å². The quantitative estimate of drug-likeness (QED) is 0.590. The average Bonchev–Trinajstić information content (AvgIpc) is 3.04. The molecule has 1 aliphatic rings. The van der Waals surface area contributed by atoms with Crippen LogP contribution in [-0.2, 0) is 6.42 Å². The number of hydrogen-bond donors (Lipinski definition) is 1. The van der Waals surface area contributed by atoms with Crippen molar-refractivity contribution in [2.45, 2.75) is 26.2 Å². The summed E-state index contributed by atoms with van der Waals surface area (Å²) in [6.45, 7) is 2.97. The number of amidine groups is 1. The fraction of sp³-hybridized carbons (Fsp3) is 0.462. The molecule has 0 atom stereocenters. The zero-order chi connectivity index (χ0) is 10.7. The number of nitrogens with two attached hydrogens (primary N) is 1. The van der Waals surface area contributed by atoms with Crippen LogP contribution >= 0.6 is 0 Å². The van der Waals surface area contributed by atoms with Gasteiger partial charge in [0.1, 0.15) is 0 Å². The molecule has 0 heterocycles. The topological polar surface area (TPSA) is 38.4 Å². The molecule has 0 saturated heterocycles. The highest BCUT2D eigenvalue weighted by Crippen LogP contribution is 2.28. The molecule has 0 radical (unpaired) electrons. The van der Waals surface area contributed by atoms with E-state index in [0.29, 0.717) is 5.92 Å². The van der Waals surface area contributed by atoms with Crippen LogP contribution in [0.5, 0.6) is 0 Å². The van der Waals surface area contributed by atoms with E-state index in [1.54, 1.807) is 0 Å². The number of aryl methyl sites for hydroxylation is 1. The average molecular weight is 202 g/mol. The molecule has 0 unspecified atom stereocenters. The zero-order valence-electron chi connectivity index (χ0n) is 9.24. The van der Waals surface area contributed by atoms with Crippen molar-refractivity contribution in [3.05, 3.63) is 35.4 Å². The van der Waals surface area contributed by atoms with Crippen molar-refractivity contribution in [3.8, 4) is 0 Å². The Bertz CT molecular complexity index is 365. The Labute approximate surface area is 91.2 Å². The van der Waals surface area contributed by atoms with Crippen molar-refractivity contribution in [2.24, 2.45) is 16.6 Å². The SMILES string of the molecule is Cc1ccccc1CCN=C(N)C1CC1. The lowest BCUT2D eigenvalue weighted by Crippen LogP contribution is -2.14. The zero-order valence-corrected chi connectivity index (χ0v) is 9.24. The molecule has 1 aromatic carbocycles. The summed E-state index contributed by atoms with van der Waals surface area (Å²) in [6.07, 6.45) is 3.47. The van der Waals surface area contributed by atoms with Gasteiger partial charge in [0.05, 0.1) is 5.84 Å². The molecule has 80 valence electrons. The largest absolute Gasteiger partial charge is 0.387 e. The third-order valence-electron chi connectivity index (χ3n) is 2.93. The third-order valence-corrected chi connectivity index (χ3v) is 2.93. The number of hydrogen-bond acceptors (Lipinski definition) is 1. The minimum Gasteiger partial charge on any atom is -0.387 e. The van der Waals surface area contributed by atoms with E-state index in [0.717, 1.165) is 18.8 Å². The van der Waals surface area contributed by atoms with Crippen LogP contribution in [0.1, 0.15) is 24.0 Å². The van der Waals surface area contributed by atoms with Gasteiger partial charge in [0, 0.05) is 12.5 Å². The number of nitrogens with zero attached hydrogens (tertiary/aromatic N) is 1. The van der Waals surface area contributed by atoms with Gasteiger partial charge in [-0.3, -0.25) is 4.99 Å². The van der Waals surface area contributed by atoms with E-state index in [1.165, 1.54) is 24.0 Å². The molecule has 1 aliphatic carbocycles. The first-order valence-electron chi connectivity index (χ1n) is 5.61. The Kier molecular flexibility index (Phi) is 3.05.